The number of halogens is 1. The molecule has 0 saturated heterocycles. The minimum absolute atomic E-state index is 0.979. The monoisotopic (exact) mass is 259 g/mol. The molecule has 1 rings (SSSR count). The summed E-state index contributed by atoms with van der Waals surface area (Å²) >= 11 is 5.19. The fourth-order valence-electron chi connectivity index (χ4n) is 0.991. The second-order valence-corrected chi connectivity index (χ2v) is 4.98. The molecule has 0 saturated carbocycles. The number of rotatable bonds is 4. The number of allylic oxidation sites excluding steroid dienone is 2. The van der Waals surface area contributed by atoms with Crippen molar-refractivity contribution in [3.63, 3.8) is 0 Å². The molecule has 1 aromatic rings. The van der Waals surface area contributed by atoms with Crippen LogP contribution in [0.4, 0.5) is 0 Å². The zero-order valence-corrected chi connectivity index (χ0v) is 10.4. The van der Waals surface area contributed by atoms with Gasteiger partial charge in [-0.1, -0.05) is 28.1 Å². The van der Waals surface area contributed by atoms with Gasteiger partial charge in [0, 0.05) is 16.6 Å². The summed E-state index contributed by atoms with van der Waals surface area (Å²) in [5, 5.41) is 2.26. The summed E-state index contributed by atoms with van der Waals surface area (Å²) < 4.78 is 0. The lowest BCUT2D eigenvalue weighted by Crippen LogP contribution is -1.79. The van der Waals surface area contributed by atoms with Crippen molar-refractivity contribution in [3.05, 3.63) is 27.7 Å². The summed E-state index contributed by atoms with van der Waals surface area (Å²) in [6, 6.07) is 0. The van der Waals surface area contributed by atoms with Gasteiger partial charge in [0.15, 0.2) is 0 Å². The van der Waals surface area contributed by atoms with Crippen LogP contribution in [-0.4, -0.2) is 10.3 Å². The predicted molar refractivity (Wildman–Crippen MR) is 62.8 cm³/mol. The molecule has 1 aromatic heterocycles. The maximum atomic E-state index is 4.46. The topological polar surface area (TPSA) is 12.9 Å². The van der Waals surface area contributed by atoms with E-state index in [9.17, 15) is 0 Å². The Morgan fingerprint density at radius 1 is 1.38 bits per heavy atom. The molecular formula is C10H14BrNS. The van der Waals surface area contributed by atoms with E-state index >= 15 is 0 Å². The molecular weight excluding hydrogens is 246 g/mol. The van der Waals surface area contributed by atoms with Gasteiger partial charge >= 0.3 is 0 Å². The molecule has 0 aliphatic heterocycles. The van der Waals surface area contributed by atoms with E-state index in [1.807, 2.05) is 0 Å². The zero-order chi connectivity index (χ0) is 9.68. The van der Waals surface area contributed by atoms with Gasteiger partial charge < -0.3 is 0 Å². The third-order valence-corrected chi connectivity index (χ3v) is 3.36. The maximum Gasteiger partial charge on any atom is 0.0968 e. The third kappa shape index (κ3) is 3.61. The third-order valence-electron chi connectivity index (χ3n) is 1.81. The number of thiazole rings is 1. The lowest BCUT2D eigenvalue weighted by atomic mass is 10.3. The van der Waals surface area contributed by atoms with Crippen LogP contribution in [-0.2, 0) is 6.42 Å². The summed E-state index contributed by atoms with van der Waals surface area (Å²) in [4.78, 5) is 5.80. The first-order valence-corrected chi connectivity index (χ1v) is 6.31. The predicted octanol–water partition coefficient (Wildman–Crippen LogP) is 3.64. The normalized spacial score (nSPS) is 11.3. The quantitative estimate of drug-likeness (QED) is 0.595. The Hall–Kier alpha value is -0.150. The second kappa shape index (κ2) is 5.55. The average Bonchev–Trinajstić information content (AvgIpc) is 2.41. The summed E-state index contributed by atoms with van der Waals surface area (Å²) in [7, 11) is 0. The molecule has 0 radical (unpaired) electrons. The Balaban J connectivity index is 2.45. The molecule has 0 aliphatic rings. The lowest BCUT2D eigenvalue weighted by molar-refractivity contribution is 1.11. The van der Waals surface area contributed by atoms with E-state index in [4.69, 9.17) is 0 Å². The van der Waals surface area contributed by atoms with Gasteiger partial charge in [-0.25, -0.2) is 4.98 Å². The van der Waals surface area contributed by atoms with E-state index in [-0.39, 0.29) is 0 Å². The molecule has 0 unspecified atom stereocenters. The van der Waals surface area contributed by atoms with Crippen molar-refractivity contribution in [2.24, 2.45) is 0 Å². The van der Waals surface area contributed by atoms with E-state index in [1.54, 1.807) is 11.3 Å². The van der Waals surface area contributed by atoms with Gasteiger partial charge in [0.05, 0.1) is 10.7 Å². The standard InChI is InChI=1S/C10H14BrNS/c1-8-9(2)13-10(12-8)6-4-3-5-7-11/h3-4H,5-7H2,1-2H3. The molecule has 72 valence electrons. The molecule has 0 N–H and O–H groups in total. The summed E-state index contributed by atoms with van der Waals surface area (Å²) in [5.41, 5.74) is 1.17. The highest BCUT2D eigenvalue weighted by Crippen LogP contribution is 2.16. The molecule has 0 bridgehead atoms. The number of hydrogen-bond acceptors (Lipinski definition) is 2. The first-order valence-electron chi connectivity index (χ1n) is 4.38. The van der Waals surface area contributed by atoms with Crippen LogP contribution in [0.15, 0.2) is 12.2 Å². The number of nitrogens with zero attached hydrogens (tertiary/aromatic N) is 1. The summed E-state index contributed by atoms with van der Waals surface area (Å²) in [5.74, 6) is 0. The first-order chi connectivity index (χ1) is 6.24. The average molecular weight is 260 g/mol. The van der Waals surface area contributed by atoms with Crippen molar-refractivity contribution >= 4 is 27.3 Å². The summed E-state index contributed by atoms with van der Waals surface area (Å²) in [6.45, 7) is 4.19. The van der Waals surface area contributed by atoms with Gasteiger partial charge in [-0.2, -0.15) is 0 Å². The largest absolute Gasteiger partial charge is 0.246 e. The Kier molecular flexibility index (Phi) is 4.67. The lowest BCUT2D eigenvalue weighted by Gasteiger charge is -1.86. The van der Waals surface area contributed by atoms with Gasteiger partial charge in [-0.3, -0.25) is 0 Å². The molecule has 0 spiro atoms. The first kappa shape index (κ1) is 10.9. The number of hydrogen-bond donors (Lipinski definition) is 0. The fraction of sp³-hybridized carbons (Fsp3) is 0.500. The van der Waals surface area contributed by atoms with Crippen molar-refractivity contribution < 1.29 is 0 Å². The van der Waals surface area contributed by atoms with Crippen molar-refractivity contribution in [3.8, 4) is 0 Å². The second-order valence-electron chi connectivity index (χ2n) is 2.90. The Morgan fingerprint density at radius 3 is 2.69 bits per heavy atom. The summed E-state index contributed by atoms with van der Waals surface area (Å²) in [6.07, 6.45) is 6.47. The van der Waals surface area contributed by atoms with Crippen LogP contribution >= 0.6 is 27.3 Å². The smallest absolute Gasteiger partial charge is 0.0968 e. The molecule has 0 aliphatic carbocycles. The SMILES string of the molecule is Cc1nc(CC=CCCBr)sc1C. The molecule has 3 heteroatoms. The van der Waals surface area contributed by atoms with Gasteiger partial charge in [0.25, 0.3) is 0 Å². The van der Waals surface area contributed by atoms with Crippen molar-refractivity contribution in [1.29, 1.82) is 0 Å². The molecule has 0 aromatic carbocycles. The minimum atomic E-state index is 0.979. The van der Waals surface area contributed by atoms with E-state index in [0.29, 0.717) is 0 Å². The van der Waals surface area contributed by atoms with Gasteiger partial charge in [-0.15, -0.1) is 11.3 Å². The minimum Gasteiger partial charge on any atom is -0.246 e. The van der Waals surface area contributed by atoms with Crippen molar-refractivity contribution in [2.45, 2.75) is 26.7 Å². The number of aromatic nitrogens is 1. The molecule has 1 heterocycles. The van der Waals surface area contributed by atoms with E-state index < -0.39 is 0 Å². The van der Waals surface area contributed by atoms with Crippen molar-refractivity contribution in [1.82, 2.24) is 4.98 Å². The van der Waals surface area contributed by atoms with Crippen LogP contribution in [0.2, 0.25) is 0 Å². The Morgan fingerprint density at radius 2 is 2.15 bits per heavy atom. The van der Waals surface area contributed by atoms with Crippen LogP contribution in [0, 0.1) is 13.8 Å². The zero-order valence-electron chi connectivity index (χ0n) is 8.01. The van der Waals surface area contributed by atoms with E-state index in [2.05, 4.69) is 46.9 Å². The fourth-order valence-corrected chi connectivity index (χ4v) is 2.16. The van der Waals surface area contributed by atoms with Crippen molar-refractivity contribution in [2.75, 3.05) is 5.33 Å². The van der Waals surface area contributed by atoms with E-state index in [1.165, 1.54) is 15.6 Å². The van der Waals surface area contributed by atoms with Gasteiger partial charge in [0.1, 0.15) is 0 Å². The highest BCUT2D eigenvalue weighted by atomic mass is 79.9. The highest BCUT2D eigenvalue weighted by molar-refractivity contribution is 9.09. The molecule has 0 fully saturated rings. The van der Waals surface area contributed by atoms with Crippen LogP contribution in [0.25, 0.3) is 0 Å². The Labute approximate surface area is 92.0 Å². The van der Waals surface area contributed by atoms with Crippen LogP contribution < -0.4 is 0 Å². The highest BCUT2D eigenvalue weighted by Gasteiger charge is 2.00. The van der Waals surface area contributed by atoms with Crippen LogP contribution in [0.3, 0.4) is 0 Å². The molecule has 0 amide bonds. The maximum absolute atomic E-state index is 4.46. The van der Waals surface area contributed by atoms with Gasteiger partial charge in [0.2, 0.25) is 0 Å². The number of aryl methyl sites for hydroxylation is 2. The number of alkyl halides is 1. The van der Waals surface area contributed by atoms with E-state index in [0.717, 1.165) is 18.2 Å². The molecule has 0 atom stereocenters. The molecule has 1 nitrogen and oxygen atoms in total. The van der Waals surface area contributed by atoms with Gasteiger partial charge in [-0.05, 0) is 20.3 Å². The molecule has 13 heavy (non-hydrogen) atoms. The Bertz CT molecular complexity index is 272. The van der Waals surface area contributed by atoms with Crippen LogP contribution in [0.5, 0.6) is 0 Å². The van der Waals surface area contributed by atoms with Crippen LogP contribution in [0.1, 0.15) is 22.0 Å².